The summed E-state index contributed by atoms with van der Waals surface area (Å²) in [6.45, 7) is 3.04. The maximum Gasteiger partial charge on any atom is 0.264 e. The van der Waals surface area contributed by atoms with Gasteiger partial charge in [-0.05, 0) is 37.1 Å². The second-order valence-corrected chi connectivity index (χ2v) is 7.96. The Hall–Kier alpha value is -2.21. The third-order valence-corrected chi connectivity index (χ3v) is 6.34. The number of ether oxygens (including phenoxy) is 2. The van der Waals surface area contributed by atoms with E-state index in [0.717, 1.165) is 24.1 Å². The van der Waals surface area contributed by atoms with Crippen LogP contribution in [0, 0.1) is 0 Å². The average molecular weight is 345 g/mol. The average Bonchev–Trinajstić information content (AvgIpc) is 2.75. The monoisotopic (exact) mass is 345 g/mol. The number of para-hydroxylation sites is 1. The summed E-state index contributed by atoms with van der Waals surface area (Å²) in [5, 5.41) is 0. The molecule has 0 spiro atoms. The summed E-state index contributed by atoms with van der Waals surface area (Å²) in [6.07, 6.45) is 1.51. The summed E-state index contributed by atoms with van der Waals surface area (Å²) < 4.78 is 39.2. The molecule has 2 aliphatic heterocycles. The zero-order chi connectivity index (χ0) is 16.7. The van der Waals surface area contributed by atoms with Gasteiger partial charge in [0.25, 0.3) is 10.0 Å². The van der Waals surface area contributed by atoms with Crippen molar-refractivity contribution >= 4 is 15.7 Å². The Bertz CT molecular complexity index is 878. The van der Waals surface area contributed by atoms with Gasteiger partial charge in [-0.3, -0.25) is 4.31 Å². The molecule has 2 heterocycles. The Morgan fingerprint density at radius 2 is 1.79 bits per heavy atom. The van der Waals surface area contributed by atoms with Crippen molar-refractivity contribution in [3.05, 3.63) is 48.0 Å². The van der Waals surface area contributed by atoms with Crippen LogP contribution in [0.25, 0.3) is 0 Å². The van der Waals surface area contributed by atoms with Gasteiger partial charge in [-0.25, -0.2) is 8.42 Å². The first-order chi connectivity index (χ1) is 11.6. The molecule has 2 aromatic rings. The molecule has 0 saturated carbocycles. The van der Waals surface area contributed by atoms with E-state index in [1.807, 2.05) is 31.2 Å². The molecule has 126 valence electrons. The minimum atomic E-state index is -3.65. The first-order valence-electron chi connectivity index (χ1n) is 8.09. The highest BCUT2D eigenvalue weighted by Crippen LogP contribution is 2.38. The molecule has 0 N–H and O–H groups in total. The Kier molecular flexibility index (Phi) is 3.64. The normalized spacial score (nSPS) is 19.7. The molecule has 2 aromatic carbocycles. The Morgan fingerprint density at radius 1 is 1.04 bits per heavy atom. The van der Waals surface area contributed by atoms with Crippen molar-refractivity contribution in [2.45, 2.75) is 30.7 Å². The van der Waals surface area contributed by atoms with Crippen LogP contribution in [0.4, 0.5) is 5.69 Å². The molecule has 0 aliphatic carbocycles. The molecule has 0 unspecified atom stereocenters. The topological polar surface area (TPSA) is 55.8 Å². The quantitative estimate of drug-likeness (QED) is 0.840. The van der Waals surface area contributed by atoms with E-state index < -0.39 is 10.0 Å². The fourth-order valence-electron chi connectivity index (χ4n) is 3.32. The van der Waals surface area contributed by atoms with Crippen LogP contribution in [0.15, 0.2) is 47.4 Å². The summed E-state index contributed by atoms with van der Waals surface area (Å²) in [5.74, 6) is 1.09. The van der Waals surface area contributed by atoms with Gasteiger partial charge in [0, 0.05) is 18.5 Å². The molecule has 0 aromatic heterocycles. The first-order valence-corrected chi connectivity index (χ1v) is 9.53. The van der Waals surface area contributed by atoms with E-state index in [1.165, 1.54) is 4.31 Å². The Balaban J connectivity index is 1.77. The van der Waals surface area contributed by atoms with Crippen molar-refractivity contribution in [1.29, 1.82) is 0 Å². The van der Waals surface area contributed by atoms with Crippen LogP contribution in [0.5, 0.6) is 11.5 Å². The van der Waals surface area contributed by atoms with E-state index in [-0.39, 0.29) is 10.9 Å². The highest BCUT2D eigenvalue weighted by molar-refractivity contribution is 7.92. The number of anilines is 1. The molecular formula is C18H19NO4S. The maximum absolute atomic E-state index is 13.2. The standard InChI is InChI=1S/C18H19NO4S/c1-13-11-14-5-2-3-6-16(14)19(13)24(20,21)15-7-8-17-18(12-15)23-10-4-9-22-17/h2-3,5-8,12-13H,4,9-11H2,1H3/t13-/m0/s1. The second kappa shape index (κ2) is 5.70. The van der Waals surface area contributed by atoms with Crippen LogP contribution in [-0.4, -0.2) is 27.7 Å². The molecule has 1 atom stereocenters. The summed E-state index contributed by atoms with van der Waals surface area (Å²) in [5.41, 5.74) is 1.82. The van der Waals surface area contributed by atoms with Gasteiger partial charge < -0.3 is 9.47 Å². The first kappa shape index (κ1) is 15.3. The molecule has 4 rings (SSSR count). The van der Waals surface area contributed by atoms with Crippen LogP contribution >= 0.6 is 0 Å². The van der Waals surface area contributed by atoms with Crippen LogP contribution < -0.4 is 13.8 Å². The van der Waals surface area contributed by atoms with Crippen molar-refractivity contribution in [2.75, 3.05) is 17.5 Å². The number of benzene rings is 2. The van der Waals surface area contributed by atoms with Crippen LogP contribution in [0.1, 0.15) is 18.9 Å². The molecule has 0 bridgehead atoms. The molecule has 0 saturated heterocycles. The van der Waals surface area contributed by atoms with E-state index >= 15 is 0 Å². The number of hydrogen-bond donors (Lipinski definition) is 0. The summed E-state index contributed by atoms with van der Waals surface area (Å²) >= 11 is 0. The lowest BCUT2D eigenvalue weighted by atomic mass is 10.1. The van der Waals surface area contributed by atoms with E-state index in [1.54, 1.807) is 18.2 Å². The number of sulfonamides is 1. The van der Waals surface area contributed by atoms with Crippen molar-refractivity contribution < 1.29 is 17.9 Å². The van der Waals surface area contributed by atoms with Gasteiger partial charge in [0.05, 0.1) is 23.8 Å². The van der Waals surface area contributed by atoms with E-state index in [2.05, 4.69) is 0 Å². The van der Waals surface area contributed by atoms with Gasteiger partial charge in [0.2, 0.25) is 0 Å². The lowest BCUT2D eigenvalue weighted by Crippen LogP contribution is -2.35. The van der Waals surface area contributed by atoms with E-state index in [0.29, 0.717) is 24.7 Å². The van der Waals surface area contributed by atoms with Gasteiger partial charge in [-0.2, -0.15) is 0 Å². The zero-order valence-electron chi connectivity index (χ0n) is 13.4. The van der Waals surface area contributed by atoms with Crippen molar-refractivity contribution in [2.24, 2.45) is 0 Å². The lowest BCUT2D eigenvalue weighted by molar-refractivity contribution is 0.297. The molecule has 24 heavy (non-hydrogen) atoms. The van der Waals surface area contributed by atoms with Crippen LogP contribution in [-0.2, 0) is 16.4 Å². The van der Waals surface area contributed by atoms with Gasteiger partial charge in [0.15, 0.2) is 11.5 Å². The summed E-state index contributed by atoms with van der Waals surface area (Å²) in [7, 11) is -3.65. The van der Waals surface area contributed by atoms with Crippen LogP contribution in [0.3, 0.4) is 0 Å². The van der Waals surface area contributed by atoms with E-state index in [4.69, 9.17) is 9.47 Å². The van der Waals surface area contributed by atoms with Crippen LogP contribution in [0.2, 0.25) is 0 Å². The molecule has 0 radical (unpaired) electrons. The minimum Gasteiger partial charge on any atom is -0.490 e. The Labute approximate surface area is 141 Å². The predicted molar refractivity (Wildman–Crippen MR) is 91.3 cm³/mol. The van der Waals surface area contributed by atoms with Gasteiger partial charge in [-0.15, -0.1) is 0 Å². The third kappa shape index (κ3) is 2.41. The maximum atomic E-state index is 13.2. The van der Waals surface area contributed by atoms with Crippen molar-refractivity contribution in [3.8, 4) is 11.5 Å². The zero-order valence-corrected chi connectivity index (χ0v) is 14.3. The molecule has 6 heteroatoms. The fraction of sp³-hybridized carbons (Fsp3) is 0.333. The second-order valence-electron chi connectivity index (χ2n) is 6.14. The fourth-order valence-corrected chi connectivity index (χ4v) is 5.03. The van der Waals surface area contributed by atoms with Crippen molar-refractivity contribution in [1.82, 2.24) is 0 Å². The van der Waals surface area contributed by atoms with Gasteiger partial charge >= 0.3 is 0 Å². The van der Waals surface area contributed by atoms with E-state index in [9.17, 15) is 8.42 Å². The molecule has 0 fully saturated rings. The predicted octanol–water partition coefficient (Wildman–Crippen LogP) is 2.99. The SMILES string of the molecule is C[C@H]1Cc2ccccc2N1S(=O)(=O)c1ccc2c(c1)OCCCO2. The number of rotatable bonds is 2. The van der Waals surface area contributed by atoms with Gasteiger partial charge in [0.1, 0.15) is 0 Å². The number of nitrogens with zero attached hydrogens (tertiary/aromatic N) is 1. The van der Waals surface area contributed by atoms with Crippen molar-refractivity contribution in [3.63, 3.8) is 0 Å². The molecular weight excluding hydrogens is 326 g/mol. The molecule has 0 amide bonds. The Morgan fingerprint density at radius 3 is 2.62 bits per heavy atom. The smallest absolute Gasteiger partial charge is 0.264 e. The van der Waals surface area contributed by atoms with Gasteiger partial charge in [-0.1, -0.05) is 18.2 Å². The lowest BCUT2D eigenvalue weighted by Gasteiger charge is -2.24. The summed E-state index contributed by atoms with van der Waals surface area (Å²) in [4.78, 5) is 0.232. The summed E-state index contributed by atoms with van der Waals surface area (Å²) in [6, 6.07) is 12.4. The molecule has 2 aliphatic rings. The highest BCUT2D eigenvalue weighted by atomic mass is 32.2. The highest BCUT2D eigenvalue weighted by Gasteiger charge is 2.36. The molecule has 5 nitrogen and oxygen atoms in total. The largest absolute Gasteiger partial charge is 0.490 e. The number of hydrogen-bond acceptors (Lipinski definition) is 4. The number of fused-ring (bicyclic) bond motifs is 2. The third-order valence-electron chi connectivity index (χ3n) is 4.42. The minimum absolute atomic E-state index is 0.108.